The molecule has 3 atom stereocenters. The fraction of sp³-hybridized carbons (Fsp3) is 1.00. The Hall–Kier alpha value is -0.0800. The molecule has 0 radical (unpaired) electrons. The van der Waals surface area contributed by atoms with Crippen LogP contribution in [0.2, 0.25) is 0 Å². The van der Waals surface area contributed by atoms with Gasteiger partial charge in [0.15, 0.2) is 0 Å². The van der Waals surface area contributed by atoms with Gasteiger partial charge < -0.3 is 5.32 Å². The normalized spacial score (nSPS) is 29.1. The molecule has 0 spiro atoms. The highest BCUT2D eigenvalue weighted by molar-refractivity contribution is 4.87. The van der Waals surface area contributed by atoms with E-state index in [1.54, 1.807) is 0 Å². The summed E-state index contributed by atoms with van der Waals surface area (Å²) < 4.78 is 0. The molecule has 2 fully saturated rings. The first-order chi connectivity index (χ1) is 9.81. The number of rotatable bonds is 8. The summed E-state index contributed by atoms with van der Waals surface area (Å²) >= 11 is 0. The number of unbranched alkanes of at least 4 members (excludes halogenated alkanes) is 2. The van der Waals surface area contributed by atoms with Gasteiger partial charge in [0.05, 0.1) is 0 Å². The second kappa shape index (κ2) is 9.04. The summed E-state index contributed by atoms with van der Waals surface area (Å²) in [7, 11) is 0. The Bertz CT molecular complexity index is 252. The Morgan fingerprint density at radius 2 is 1.90 bits per heavy atom. The molecule has 0 amide bonds. The smallest absolute Gasteiger partial charge is 0.0124 e. The van der Waals surface area contributed by atoms with E-state index in [0.717, 1.165) is 12.0 Å². The minimum absolute atomic E-state index is 0.702. The quantitative estimate of drug-likeness (QED) is 0.670. The highest BCUT2D eigenvalue weighted by atomic mass is 15.2. The Morgan fingerprint density at radius 3 is 2.75 bits per heavy atom. The molecule has 1 aliphatic heterocycles. The van der Waals surface area contributed by atoms with Crippen LogP contribution in [0.4, 0.5) is 0 Å². The highest BCUT2D eigenvalue weighted by Crippen LogP contribution is 2.34. The van der Waals surface area contributed by atoms with Crippen LogP contribution >= 0.6 is 0 Å². The van der Waals surface area contributed by atoms with Crippen molar-refractivity contribution in [1.82, 2.24) is 10.2 Å². The summed E-state index contributed by atoms with van der Waals surface area (Å²) in [6, 6.07) is 1.63. The predicted octanol–water partition coefficient (Wildman–Crippen LogP) is 4.20. The van der Waals surface area contributed by atoms with Crippen molar-refractivity contribution in [3.63, 3.8) is 0 Å². The predicted molar refractivity (Wildman–Crippen MR) is 88.2 cm³/mol. The van der Waals surface area contributed by atoms with Crippen molar-refractivity contribution in [2.75, 3.05) is 19.6 Å². The van der Waals surface area contributed by atoms with Gasteiger partial charge >= 0.3 is 0 Å². The first-order valence-electron chi connectivity index (χ1n) is 9.28. The zero-order chi connectivity index (χ0) is 14.2. The largest absolute Gasteiger partial charge is 0.313 e. The Kier molecular flexibility index (Phi) is 7.37. The fourth-order valence-electron chi connectivity index (χ4n) is 4.26. The number of hydrogen-bond donors (Lipinski definition) is 1. The molecule has 2 rings (SSSR count). The molecule has 1 heterocycles. The van der Waals surface area contributed by atoms with Crippen LogP contribution in [0.5, 0.6) is 0 Å². The lowest BCUT2D eigenvalue weighted by Gasteiger charge is -2.44. The topological polar surface area (TPSA) is 15.3 Å². The second-order valence-electron chi connectivity index (χ2n) is 7.14. The van der Waals surface area contributed by atoms with Crippen molar-refractivity contribution in [2.45, 2.75) is 90.1 Å². The van der Waals surface area contributed by atoms with E-state index in [1.165, 1.54) is 83.8 Å². The maximum absolute atomic E-state index is 3.74. The van der Waals surface area contributed by atoms with Crippen LogP contribution in [0.1, 0.15) is 78.1 Å². The lowest BCUT2D eigenvalue weighted by atomic mass is 9.78. The molecular formula is C18H36N2. The van der Waals surface area contributed by atoms with Gasteiger partial charge in [-0.3, -0.25) is 4.90 Å². The lowest BCUT2D eigenvalue weighted by molar-refractivity contribution is 0.0613. The van der Waals surface area contributed by atoms with Crippen LogP contribution < -0.4 is 5.32 Å². The Labute approximate surface area is 126 Å². The number of hydrogen-bond acceptors (Lipinski definition) is 2. The van der Waals surface area contributed by atoms with Crippen LogP contribution in [-0.2, 0) is 0 Å². The van der Waals surface area contributed by atoms with Crippen molar-refractivity contribution in [3.8, 4) is 0 Å². The fourth-order valence-corrected chi connectivity index (χ4v) is 4.26. The van der Waals surface area contributed by atoms with Crippen molar-refractivity contribution < 1.29 is 0 Å². The third-order valence-corrected chi connectivity index (χ3v) is 5.49. The van der Waals surface area contributed by atoms with Crippen molar-refractivity contribution in [2.24, 2.45) is 5.92 Å². The second-order valence-corrected chi connectivity index (χ2v) is 7.14. The van der Waals surface area contributed by atoms with E-state index in [0.29, 0.717) is 6.04 Å². The maximum Gasteiger partial charge on any atom is 0.0124 e. The summed E-state index contributed by atoms with van der Waals surface area (Å²) in [5.74, 6) is 1.03. The van der Waals surface area contributed by atoms with Crippen LogP contribution in [-0.4, -0.2) is 36.6 Å². The SMILES string of the molecule is CCCCCC(C)NCCN1CCC[C@H]2CCCC[C@H]21. The molecule has 0 bridgehead atoms. The highest BCUT2D eigenvalue weighted by Gasteiger charge is 2.32. The average Bonchev–Trinajstić information content (AvgIpc) is 2.48. The van der Waals surface area contributed by atoms with Crippen LogP contribution in [0.15, 0.2) is 0 Å². The van der Waals surface area contributed by atoms with Gasteiger partial charge in [-0.25, -0.2) is 0 Å². The van der Waals surface area contributed by atoms with Gasteiger partial charge in [-0.15, -0.1) is 0 Å². The molecule has 0 aromatic rings. The summed E-state index contributed by atoms with van der Waals surface area (Å²) in [4.78, 5) is 2.80. The summed E-state index contributed by atoms with van der Waals surface area (Å²) in [5.41, 5.74) is 0. The third-order valence-electron chi connectivity index (χ3n) is 5.49. The minimum atomic E-state index is 0.702. The van der Waals surface area contributed by atoms with E-state index < -0.39 is 0 Å². The van der Waals surface area contributed by atoms with Crippen molar-refractivity contribution in [3.05, 3.63) is 0 Å². The van der Waals surface area contributed by atoms with E-state index in [9.17, 15) is 0 Å². The van der Waals surface area contributed by atoms with E-state index in [4.69, 9.17) is 0 Å². The van der Waals surface area contributed by atoms with E-state index in [1.807, 2.05) is 0 Å². The molecule has 0 aromatic carbocycles. The van der Waals surface area contributed by atoms with Crippen LogP contribution in [0, 0.1) is 5.92 Å². The number of piperidine rings is 1. The molecule has 1 aliphatic carbocycles. The molecule has 2 aliphatic rings. The van der Waals surface area contributed by atoms with Crippen molar-refractivity contribution >= 4 is 0 Å². The van der Waals surface area contributed by atoms with Crippen molar-refractivity contribution in [1.29, 1.82) is 0 Å². The molecule has 0 aromatic heterocycles. The van der Waals surface area contributed by atoms with Gasteiger partial charge in [-0.05, 0) is 51.5 Å². The molecule has 20 heavy (non-hydrogen) atoms. The van der Waals surface area contributed by atoms with Gasteiger partial charge in [0, 0.05) is 25.2 Å². The molecule has 1 N–H and O–H groups in total. The molecule has 2 heteroatoms. The molecular weight excluding hydrogens is 244 g/mol. The Balaban J connectivity index is 1.62. The summed E-state index contributed by atoms with van der Waals surface area (Å²) in [6.07, 6.45) is 14.3. The molecule has 1 saturated carbocycles. The first-order valence-corrected chi connectivity index (χ1v) is 9.28. The number of nitrogens with zero attached hydrogens (tertiary/aromatic N) is 1. The number of nitrogens with one attached hydrogen (secondary N) is 1. The third kappa shape index (κ3) is 5.04. The van der Waals surface area contributed by atoms with Crippen LogP contribution in [0.25, 0.3) is 0 Å². The lowest BCUT2D eigenvalue weighted by Crippen LogP contribution is -2.49. The summed E-state index contributed by atoms with van der Waals surface area (Å²) in [6.45, 7) is 8.47. The van der Waals surface area contributed by atoms with E-state index >= 15 is 0 Å². The zero-order valence-electron chi connectivity index (χ0n) is 13.9. The number of likely N-dealkylation sites (tertiary alicyclic amines) is 1. The standard InChI is InChI=1S/C18H36N2/c1-3-4-5-9-16(2)19-13-15-20-14-8-11-17-10-6-7-12-18(17)20/h16-19H,3-15H2,1-2H3/t16?,17-,18-/m1/s1. The van der Waals surface area contributed by atoms with Crippen LogP contribution in [0.3, 0.4) is 0 Å². The van der Waals surface area contributed by atoms with E-state index in [-0.39, 0.29) is 0 Å². The zero-order valence-corrected chi connectivity index (χ0v) is 13.9. The van der Waals surface area contributed by atoms with Gasteiger partial charge in [0.25, 0.3) is 0 Å². The Morgan fingerprint density at radius 1 is 1.10 bits per heavy atom. The summed E-state index contributed by atoms with van der Waals surface area (Å²) in [5, 5.41) is 3.74. The van der Waals surface area contributed by atoms with Gasteiger partial charge in [-0.1, -0.05) is 39.0 Å². The maximum atomic E-state index is 3.74. The molecule has 1 unspecified atom stereocenters. The number of fused-ring (bicyclic) bond motifs is 1. The van der Waals surface area contributed by atoms with Gasteiger partial charge in [0.1, 0.15) is 0 Å². The van der Waals surface area contributed by atoms with Gasteiger partial charge in [0.2, 0.25) is 0 Å². The average molecular weight is 280 g/mol. The van der Waals surface area contributed by atoms with Gasteiger partial charge in [-0.2, -0.15) is 0 Å². The minimum Gasteiger partial charge on any atom is -0.313 e. The first kappa shape index (κ1) is 16.3. The molecule has 118 valence electrons. The molecule has 2 nitrogen and oxygen atoms in total. The van der Waals surface area contributed by atoms with E-state index in [2.05, 4.69) is 24.1 Å². The monoisotopic (exact) mass is 280 g/mol. The molecule has 1 saturated heterocycles.